The number of nitrogens with zero attached hydrogens (tertiary/aromatic N) is 3. The van der Waals surface area contributed by atoms with Crippen molar-refractivity contribution in [3.8, 4) is 0 Å². The molecule has 2 amide bonds. The minimum Gasteiger partial charge on any atom is -0.465 e. The number of primary amides is 1. The van der Waals surface area contributed by atoms with Gasteiger partial charge in [0.05, 0.1) is 0 Å². The number of carbonyl (C=O) groups is 2. The molecule has 17 heavy (non-hydrogen) atoms. The van der Waals surface area contributed by atoms with Gasteiger partial charge < -0.3 is 20.7 Å². The second-order valence-electron chi connectivity index (χ2n) is 4.01. The molecule has 0 fully saturated rings. The number of hydrogen-bond acceptors (Lipinski definition) is 4. The molecule has 1 aromatic heterocycles. The zero-order chi connectivity index (χ0) is 12.4. The number of rotatable bonds is 4. The lowest BCUT2D eigenvalue weighted by atomic mass is 9.97. The molecule has 0 radical (unpaired) electrons. The molecule has 0 aliphatic carbocycles. The van der Waals surface area contributed by atoms with Gasteiger partial charge in [0.2, 0.25) is 5.91 Å². The third-order valence-electron chi connectivity index (χ3n) is 2.89. The first-order valence-electron chi connectivity index (χ1n) is 5.24. The van der Waals surface area contributed by atoms with Crippen LogP contribution in [-0.2, 0) is 11.3 Å². The van der Waals surface area contributed by atoms with Gasteiger partial charge in [0, 0.05) is 12.5 Å². The van der Waals surface area contributed by atoms with Crippen LogP contribution in [0.4, 0.5) is 4.79 Å². The van der Waals surface area contributed by atoms with Gasteiger partial charge in [0.15, 0.2) is 0 Å². The molecular formula is C9H13N5O3. The molecule has 92 valence electrons. The molecular weight excluding hydrogens is 226 g/mol. The first-order chi connectivity index (χ1) is 8.08. The molecule has 1 aliphatic heterocycles. The van der Waals surface area contributed by atoms with Crippen LogP contribution in [0.15, 0.2) is 6.33 Å². The van der Waals surface area contributed by atoms with Gasteiger partial charge in [-0.25, -0.2) is 4.79 Å². The van der Waals surface area contributed by atoms with Crippen molar-refractivity contribution >= 4 is 12.0 Å². The van der Waals surface area contributed by atoms with Gasteiger partial charge in [-0.15, -0.1) is 10.2 Å². The van der Waals surface area contributed by atoms with Crippen molar-refractivity contribution in [2.45, 2.75) is 31.3 Å². The van der Waals surface area contributed by atoms with E-state index < -0.39 is 18.0 Å². The summed E-state index contributed by atoms with van der Waals surface area (Å²) in [5.41, 5.74) is 5.15. The van der Waals surface area contributed by atoms with E-state index in [-0.39, 0.29) is 5.92 Å². The number of aryl methyl sites for hydroxylation is 1. The van der Waals surface area contributed by atoms with Crippen LogP contribution >= 0.6 is 0 Å². The summed E-state index contributed by atoms with van der Waals surface area (Å²) in [6, 6.07) is -0.888. The molecule has 0 bridgehead atoms. The van der Waals surface area contributed by atoms with Gasteiger partial charge in [0.1, 0.15) is 18.2 Å². The molecule has 0 spiro atoms. The molecule has 0 saturated heterocycles. The molecule has 2 atom stereocenters. The maximum atomic E-state index is 11.1. The average Bonchev–Trinajstić information content (AvgIpc) is 2.80. The molecule has 8 nitrogen and oxygen atoms in total. The van der Waals surface area contributed by atoms with E-state index in [0.29, 0.717) is 6.42 Å². The molecule has 4 N–H and O–H groups in total. The summed E-state index contributed by atoms with van der Waals surface area (Å²) in [5.74, 6) is 0.121. The van der Waals surface area contributed by atoms with Crippen molar-refractivity contribution in [3.63, 3.8) is 0 Å². The molecule has 8 heteroatoms. The maximum absolute atomic E-state index is 11.1. The third-order valence-corrected chi connectivity index (χ3v) is 2.89. The number of nitrogens with one attached hydrogen (secondary N) is 1. The fraction of sp³-hybridized carbons (Fsp3) is 0.556. The Balaban J connectivity index is 2.05. The Kier molecular flexibility index (Phi) is 2.94. The van der Waals surface area contributed by atoms with Crippen LogP contribution in [-0.4, -0.2) is 37.9 Å². The number of carboxylic acid groups (broad SMARTS) is 1. The summed E-state index contributed by atoms with van der Waals surface area (Å²) < 4.78 is 1.89. The Morgan fingerprint density at radius 3 is 3.12 bits per heavy atom. The summed E-state index contributed by atoms with van der Waals surface area (Å²) in [6.45, 7) is 0.783. The van der Waals surface area contributed by atoms with Gasteiger partial charge in [-0.2, -0.15) is 0 Å². The Bertz CT molecular complexity index is 444. The van der Waals surface area contributed by atoms with Crippen LogP contribution in [0.2, 0.25) is 0 Å². The summed E-state index contributed by atoms with van der Waals surface area (Å²) in [4.78, 5) is 21.7. The Morgan fingerprint density at radius 1 is 1.71 bits per heavy atom. The fourth-order valence-corrected chi connectivity index (χ4v) is 2.08. The van der Waals surface area contributed by atoms with Crippen molar-refractivity contribution in [2.24, 2.45) is 5.73 Å². The summed E-state index contributed by atoms with van der Waals surface area (Å²) in [5, 5.41) is 18.4. The highest BCUT2D eigenvalue weighted by Gasteiger charge is 2.30. The van der Waals surface area contributed by atoms with Crippen LogP contribution < -0.4 is 11.1 Å². The van der Waals surface area contributed by atoms with E-state index in [4.69, 9.17) is 10.8 Å². The van der Waals surface area contributed by atoms with Crippen molar-refractivity contribution in [3.05, 3.63) is 12.2 Å². The van der Waals surface area contributed by atoms with Crippen molar-refractivity contribution < 1.29 is 14.7 Å². The number of amides is 2. The topological polar surface area (TPSA) is 123 Å². The normalized spacial score (nSPS) is 19.6. The summed E-state index contributed by atoms with van der Waals surface area (Å²) in [7, 11) is 0. The van der Waals surface area contributed by atoms with Gasteiger partial charge in [-0.1, -0.05) is 0 Å². The number of aromatic nitrogens is 3. The molecule has 2 rings (SSSR count). The van der Waals surface area contributed by atoms with Gasteiger partial charge in [-0.05, 0) is 12.8 Å². The largest absolute Gasteiger partial charge is 0.465 e. The third kappa shape index (κ3) is 2.35. The Morgan fingerprint density at radius 2 is 2.47 bits per heavy atom. The Hall–Kier alpha value is -2.12. The zero-order valence-electron chi connectivity index (χ0n) is 9.04. The SMILES string of the molecule is NC(=O)C(CC1CCn2cnnc21)NC(=O)O. The zero-order valence-corrected chi connectivity index (χ0v) is 9.04. The van der Waals surface area contributed by atoms with Gasteiger partial charge >= 0.3 is 6.09 Å². The van der Waals surface area contributed by atoms with Crippen LogP contribution in [0.3, 0.4) is 0 Å². The number of nitrogens with two attached hydrogens (primary N) is 1. The minimum absolute atomic E-state index is 0.0156. The first-order valence-corrected chi connectivity index (χ1v) is 5.24. The summed E-state index contributed by atoms with van der Waals surface area (Å²) in [6.07, 6.45) is 1.50. The molecule has 2 unspecified atom stereocenters. The van der Waals surface area contributed by atoms with E-state index in [9.17, 15) is 9.59 Å². The lowest BCUT2D eigenvalue weighted by molar-refractivity contribution is -0.120. The fourth-order valence-electron chi connectivity index (χ4n) is 2.08. The predicted octanol–water partition coefficient (Wildman–Crippen LogP) is -0.723. The second kappa shape index (κ2) is 4.40. The number of fused-ring (bicyclic) bond motifs is 1. The average molecular weight is 239 g/mol. The number of carbonyl (C=O) groups excluding carboxylic acids is 1. The molecule has 2 heterocycles. The number of hydrogen-bond donors (Lipinski definition) is 3. The monoisotopic (exact) mass is 239 g/mol. The second-order valence-corrected chi connectivity index (χ2v) is 4.01. The van der Waals surface area contributed by atoms with E-state index in [1.165, 1.54) is 0 Å². The molecule has 0 aromatic carbocycles. The summed E-state index contributed by atoms with van der Waals surface area (Å²) >= 11 is 0. The van der Waals surface area contributed by atoms with E-state index >= 15 is 0 Å². The molecule has 0 saturated carbocycles. The van der Waals surface area contributed by atoms with Crippen LogP contribution in [0, 0.1) is 0 Å². The smallest absolute Gasteiger partial charge is 0.405 e. The minimum atomic E-state index is -1.26. The van der Waals surface area contributed by atoms with E-state index in [0.717, 1.165) is 18.8 Å². The highest BCUT2D eigenvalue weighted by atomic mass is 16.4. The van der Waals surface area contributed by atoms with Crippen molar-refractivity contribution in [1.82, 2.24) is 20.1 Å². The first kappa shape index (κ1) is 11.4. The van der Waals surface area contributed by atoms with Gasteiger partial charge in [-0.3, -0.25) is 4.79 Å². The lowest BCUT2D eigenvalue weighted by Gasteiger charge is -2.16. The van der Waals surface area contributed by atoms with Crippen LogP contribution in [0.25, 0.3) is 0 Å². The van der Waals surface area contributed by atoms with Crippen LogP contribution in [0.5, 0.6) is 0 Å². The van der Waals surface area contributed by atoms with Crippen LogP contribution in [0.1, 0.15) is 24.6 Å². The Labute approximate surface area is 96.8 Å². The van der Waals surface area contributed by atoms with E-state index in [1.807, 2.05) is 4.57 Å². The van der Waals surface area contributed by atoms with Crippen molar-refractivity contribution in [2.75, 3.05) is 0 Å². The molecule has 1 aliphatic rings. The quantitative estimate of drug-likeness (QED) is 0.639. The lowest BCUT2D eigenvalue weighted by Crippen LogP contribution is -2.44. The predicted molar refractivity (Wildman–Crippen MR) is 56.1 cm³/mol. The van der Waals surface area contributed by atoms with E-state index in [2.05, 4.69) is 15.5 Å². The van der Waals surface area contributed by atoms with Gasteiger partial charge in [0.25, 0.3) is 0 Å². The maximum Gasteiger partial charge on any atom is 0.405 e. The highest BCUT2D eigenvalue weighted by molar-refractivity contribution is 5.83. The highest BCUT2D eigenvalue weighted by Crippen LogP contribution is 2.29. The standard InChI is InChI=1S/C9H13N5O3/c10-7(15)6(12-9(16)17)3-5-1-2-14-4-11-13-8(5)14/h4-6,12H,1-3H2,(H2,10,15)(H,16,17). The molecule has 1 aromatic rings. The van der Waals surface area contributed by atoms with E-state index in [1.54, 1.807) is 6.33 Å². The van der Waals surface area contributed by atoms with Crippen molar-refractivity contribution in [1.29, 1.82) is 0 Å².